The van der Waals surface area contributed by atoms with Crippen LogP contribution >= 0.6 is 0 Å². The first-order valence-corrected chi connectivity index (χ1v) is 9.41. The molecule has 0 bridgehead atoms. The number of nitrogens with one attached hydrogen (secondary N) is 3. The van der Waals surface area contributed by atoms with Gasteiger partial charge in [0.25, 0.3) is 5.69 Å². The minimum Gasteiger partial charge on any atom is -0.359 e. The molecule has 0 unspecified atom stereocenters. The summed E-state index contributed by atoms with van der Waals surface area (Å²) < 4.78 is 1.74. The van der Waals surface area contributed by atoms with Crippen molar-refractivity contribution in [2.24, 2.45) is 7.05 Å². The number of nitrogens with zero attached hydrogens (tertiary/aromatic N) is 5. The number of H-pyrrole nitrogens is 1. The first-order valence-electron chi connectivity index (χ1n) is 9.41. The lowest BCUT2D eigenvalue weighted by atomic mass is 10.1. The Balaban J connectivity index is 1.83. The van der Waals surface area contributed by atoms with Crippen molar-refractivity contribution in [3.8, 4) is 11.3 Å². The number of fused-ring (bicyclic) bond motifs is 1. The van der Waals surface area contributed by atoms with Gasteiger partial charge in [0, 0.05) is 61.2 Å². The number of anilines is 3. The predicted octanol–water partition coefficient (Wildman–Crippen LogP) is 3.59. The predicted molar refractivity (Wildman–Crippen MR) is 116 cm³/mol. The molecule has 31 heavy (non-hydrogen) atoms. The molecule has 1 aromatic carbocycles. The summed E-state index contributed by atoms with van der Waals surface area (Å²) in [4.78, 5) is 34.6. The number of rotatable bonds is 5. The van der Waals surface area contributed by atoms with E-state index in [2.05, 4.69) is 30.7 Å². The second-order valence-electron chi connectivity index (χ2n) is 7.20. The van der Waals surface area contributed by atoms with E-state index in [1.54, 1.807) is 17.1 Å². The van der Waals surface area contributed by atoms with Gasteiger partial charge >= 0.3 is 0 Å². The van der Waals surface area contributed by atoms with Crippen LogP contribution in [-0.4, -0.2) is 35.6 Å². The minimum atomic E-state index is -0.495. The largest absolute Gasteiger partial charge is 0.359 e. The van der Waals surface area contributed by atoms with Crippen molar-refractivity contribution in [3.63, 3.8) is 0 Å². The third kappa shape index (κ3) is 3.80. The third-order valence-corrected chi connectivity index (χ3v) is 4.88. The highest BCUT2D eigenvalue weighted by atomic mass is 16.6. The number of nitro benzene ring substituents is 1. The van der Waals surface area contributed by atoms with E-state index in [1.165, 1.54) is 19.1 Å². The van der Waals surface area contributed by atoms with Gasteiger partial charge in [-0.05, 0) is 19.4 Å². The number of amides is 1. The number of aromatic amines is 1. The van der Waals surface area contributed by atoms with Gasteiger partial charge in [0.2, 0.25) is 11.9 Å². The van der Waals surface area contributed by atoms with E-state index in [0.717, 1.165) is 11.3 Å². The zero-order valence-corrected chi connectivity index (χ0v) is 17.3. The number of carbonyl (C=O) groups excluding carboxylic acids is 1. The molecule has 4 rings (SSSR count). The second-order valence-corrected chi connectivity index (χ2v) is 7.20. The SMILES string of the molecule is CC(=O)Nc1cc([N+](=O)[O-])cc2c(-c3nc(Nc4cc(C)n(C)n4)ncc3C)c[nH]c12. The van der Waals surface area contributed by atoms with Crippen LogP contribution in [0.2, 0.25) is 0 Å². The Morgan fingerprint density at radius 2 is 2.03 bits per heavy atom. The Hall–Kier alpha value is -4.28. The van der Waals surface area contributed by atoms with Crippen LogP contribution in [0.1, 0.15) is 18.2 Å². The van der Waals surface area contributed by atoms with Crippen molar-refractivity contribution in [1.29, 1.82) is 0 Å². The fourth-order valence-electron chi connectivity index (χ4n) is 3.32. The standard InChI is InChI=1S/C20H20N8O3/c1-10-8-22-20(24-17-5-11(2)27(4)26-17)25-18(10)15-9-21-19-14(15)6-13(28(30)31)7-16(19)23-12(3)29/h5-9,21H,1-4H3,(H,23,29)(H,22,24,25,26). The fourth-order valence-corrected chi connectivity index (χ4v) is 3.32. The summed E-state index contributed by atoms with van der Waals surface area (Å²) in [5.41, 5.74) is 3.79. The molecule has 3 heterocycles. The molecular formula is C20H20N8O3. The number of hydrogen-bond donors (Lipinski definition) is 3. The van der Waals surface area contributed by atoms with Crippen molar-refractivity contribution >= 4 is 40.0 Å². The Kier molecular flexibility index (Phi) is 4.85. The molecule has 0 aliphatic heterocycles. The first-order chi connectivity index (χ1) is 14.7. The van der Waals surface area contributed by atoms with Crippen LogP contribution in [0.15, 0.2) is 30.6 Å². The zero-order chi connectivity index (χ0) is 22.3. The number of carbonyl (C=O) groups is 1. The number of hydrogen-bond acceptors (Lipinski definition) is 7. The van der Waals surface area contributed by atoms with E-state index in [0.29, 0.717) is 39.6 Å². The molecule has 0 saturated heterocycles. The Labute approximate surface area is 176 Å². The van der Waals surface area contributed by atoms with Gasteiger partial charge in [-0.2, -0.15) is 5.10 Å². The molecule has 3 aromatic heterocycles. The number of aryl methyl sites for hydroxylation is 3. The Morgan fingerprint density at radius 1 is 1.26 bits per heavy atom. The number of aromatic nitrogens is 5. The lowest BCUT2D eigenvalue weighted by molar-refractivity contribution is -0.384. The summed E-state index contributed by atoms with van der Waals surface area (Å²) in [6.07, 6.45) is 3.38. The molecule has 11 nitrogen and oxygen atoms in total. The van der Waals surface area contributed by atoms with Crippen molar-refractivity contribution < 1.29 is 9.72 Å². The molecule has 158 valence electrons. The van der Waals surface area contributed by atoms with Crippen LogP contribution in [0.5, 0.6) is 0 Å². The number of non-ortho nitro benzene ring substituents is 1. The molecule has 11 heteroatoms. The molecule has 0 radical (unpaired) electrons. The minimum absolute atomic E-state index is 0.133. The molecule has 4 aromatic rings. The highest BCUT2D eigenvalue weighted by Crippen LogP contribution is 2.36. The monoisotopic (exact) mass is 420 g/mol. The zero-order valence-electron chi connectivity index (χ0n) is 17.3. The van der Waals surface area contributed by atoms with Crippen LogP contribution < -0.4 is 10.6 Å². The lowest BCUT2D eigenvalue weighted by Crippen LogP contribution is -2.06. The van der Waals surface area contributed by atoms with Gasteiger partial charge in [-0.3, -0.25) is 19.6 Å². The third-order valence-electron chi connectivity index (χ3n) is 4.88. The van der Waals surface area contributed by atoms with Gasteiger partial charge in [-0.25, -0.2) is 9.97 Å². The summed E-state index contributed by atoms with van der Waals surface area (Å²) >= 11 is 0. The van der Waals surface area contributed by atoms with Gasteiger partial charge in [-0.15, -0.1) is 0 Å². The van der Waals surface area contributed by atoms with Gasteiger partial charge in [-0.1, -0.05) is 0 Å². The molecule has 0 spiro atoms. The van der Waals surface area contributed by atoms with E-state index in [4.69, 9.17) is 0 Å². The molecule has 1 amide bonds. The second kappa shape index (κ2) is 7.52. The van der Waals surface area contributed by atoms with E-state index >= 15 is 0 Å². The quantitative estimate of drug-likeness (QED) is 0.330. The molecule has 0 atom stereocenters. The van der Waals surface area contributed by atoms with Gasteiger partial charge in [0.15, 0.2) is 5.82 Å². The summed E-state index contributed by atoms with van der Waals surface area (Å²) in [6, 6.07) is 4.66. The summed E-state index contributed by atoms with van der Waals surface area (Å²) in [5, 5.41) is 22.1. The molecule has 0 aliphatic carbocycles. The number of nitro groups is 1. The maximum absolute atomic E-state index is 11.6. The lowest BCUT2D eigenvalue weighted by Gasteiger charge is -2.08. The van der Waals surface area contributed by atoms with Gasteiger partial charge in [0.1, 0.15) is 0 Å². The topological polar surface area (TPSA) is 144 Å². The van der Waals surface area contributed by atoms with Crippen molar-refractivity contribution in [3.05, 3.63) is 52.0 Å². The van der Waals surface area contributed by atoms with E-state index in [-0.39, 0.29) is 11.6 Å². The smallest absolute Gasteiger partial charge is 0.272 e. The molecule has 0 fully saturated rings. The summed E-state index contributed by atoms with van der Waals surface area (Å²) in [5.74, 6) is 0.631. The Morgan fingerprint density at radius 3 is 2.68 bits per heavy atom. The van der Waals surface area contributed by atoms with Crippen molar-refractivity contribution in [2.45, 2.75) is 20.8 Å². The van der Waals surface area contributed by atoms with Crippen LogP contribution in [0, 0.1) is 24.0 Å². The maximum Gasteiger partial charge on any atom is 0.272 e. The van der Waals surface area contributed by atoms with Crippen molar-refractivity contribution in [1.82, 2.24) is 24.7 Å². The maximum atomic E-state index is 11.6. The summed E-state index contributed by atoms with van der Waals surface area (Å²) in [7, 11) is 1.84. The molecule has 3 N–H and O–H groups in total. The molecule has 0 aliphatic rings. The average molecular weight is 420 g/mol. The van der Waals surface area contributed by atoms with Crippen molar-refractivity contribution in [2.75, 3.05) is 10.6 Å². The molecule has 0 saturated carbocycles. The van der Waals surface area contributed by atoms with E-state index in [9.17, 15) is 14.9 Å². The first kappa shape index (κ1) is 20.0. The fraction of sp³-hybridized carbons (Fsp3) is 0.200. The van der Waals surface area contributed by atoms with E-state index < -0.39 is 4.92 Å². The van der Waals surface area contributed by atoms with E-state index in [1.807, 2.05) is 27.0 Å². The highest BCUT2D eigenvalue weighted by molar-refractivity contribution is 6.06. The molecular weight excluding hydrogens is 400 g/mol. The van der Waals surface area contributed by atoms with Gasteiger partial charge < -0.3 is 15.6 Å². The Bertz CT molecular complexity index is 1320. The number of benzene rings is 1. The normalized spacial score (nSPS) is 11.0. The van der Waals surface area contributed by atoms with Gasteiger partial charge in [0.05, 0.1) is 21.8 Å². The van der Waals surface area contributed by atoms with Crippen LogP contribution in [0.3, 0.4) is 0 Å². The average Bonchev–Trinajstić information content (AvgIpc) is 3.26. The highest BCUT2D eigenvalue weighted by Gasteiger charge is 2.19. The van der Waals surface area contributed by atoms with Crippen LogP contribution in [-0.2, 0) is 11.8 Å². The van der Waals surface area contributed by atoms with Crippen LogP contribution in [0.4, 0.5) is 23.1 Å². The summed E-state index contributed by atoms with van der Waals surface area (Å²) in [6.45, 7) is 5.14. The van der Waals surface area contributed by atoms with Crippen LogP contribution in [0.25, 0.3) is 22.2 Å².